The molecule has 67 heavy (non-hydrogen) atoms. The van der Waals surface area contributed by atoms with E-state index in [1.807, 2.05) is 46.6 Å². The zero-order valence-electron chi connectivity index (χ0n) is 40.1. The molecule has 1 fully saturated rings. The highest BCUT2D eigenvalue weighted by molar-refractivity contribution is 7.09. The fourth-order valence-corrected chi connectivity index (χ4v) is 9.14. The van der Waals surface area contributed by atoms with Gasteiger partial charge in [-0.3, -0.25) is 48.2 Å². The Morgan fingerprint density at radius 1 is 0.940 bits per heavy atom. The average Bonchev–Trinajstić information content (AvgIpc) is 4.01. The molecule has 6 N–H and O–H groups in total. The van der Waals surface area contributed by atoms with Crippen LogP contribution in [0.15, 0.2) is 41.8 Å². The second kappa shape index (κ2) is 25.0. The van der Waals surface area contributed by atoms with Crippen LogP contribution in [0.3, 0.4) is 0 Å². The molecule has 0 spiro atoms. The lowest BCUT2D eigenvalue weighted by Gasteiger charge is -2.38. The number of benzene rings is 1. The molecule has 2 aromatic rings. The van der Waals surface area contributed by atoms with Gasteiger partial charge in [-0.15, -0.1) is 11.3 Å². The Hall–Kier alpha value is -5.53. The molecule has 1 saturated heterocycles. The Kier molecular flexibility index (Phi) is 20.2. The summed E-state index contributed by atoms with van der Waals surface area (Å²) in [5, 5.41) is 34.3. The van der Waals surface area contributed by atoms with Crippen LogP contribution >= 0.6 is 11.3 Å². The number of nitrogens with one attached hydrogen (secondary N) is 4. The van der Waals surface area contributed by atoms with E-state index in [1.54, 1.807) is 43.1 Å². The molecule has 0 bridgehead atoms. The quantitative estimate of drug-likeness (QED) is 0.0578. The number of thiazole rings is 1. The van der Waals surface area contributed by atoms with Crippen LogP contribution < -0.4 is 21.3 Å². The lowest BCUT2D eigenvalue weighted by molar-refractivity contribution is -0.142. The molecule has 4 rings (SSSR count). The Morgan fingerprint density at radius 2 is 1.61 bits per heavy atom. The first kappa shape index (κ1) is 54.1. The van der Waals surface area contributed by atoms with Crippen molar-refractivity contribution in [2.45, 2.75) is 136 Å². The fraction of sp³-hybridized carbons (Fsp3) is 0.604. The molecular formula is C48H70N8O10S. The smallest absolute Gasteiger partial charge is 0.306 e. The molecule has 2 aliphatic heterocycles. The molecule has 19 heteroatoms. The maximum Gasteiger partial charge on any atom is 0.306 e. The lowest BCUT2D eigenvalue weighted by Crippen LogP contribution is -2.60. The SMILES string of the molecule is CC[C@H](C)[C@H](NC(=O)[C@@]1(C)CCCN1C)C(=O)N(C)[C@H](C[C@@H](O)c1nc(C(=O)N[C@@H](Cc2ccc(NC(=O)CNC(=O)CCCCCN3C(=O)C=CC3=O)cc2)C[C@H](C)C(=O)O)cs1)C(C)C. The van der Waals surface area contributed by atoms with Crippen molar-refractivity contribution >= 4 is 64.3 Å². The molecule has 0 aliphatic carbocycles. The summed E-state index contributed by atoms with van der Waals surface area (Å²) in [6, 6.07) is 5.02. The maximum absolute atomic E-state index is 14.1. The summed E-state index contributed by atoms with van der Waals surface area (Å²) in [6.07, 6.45) is 6.03. The molecule has 7 atom stereocenters. The van der Waals surface area contributed by atoms with Gasteiger partial charge in [0.05, 0.1) is 18.0 Å². The highest BCUT2D eigenvalue weighted by Gasteiger charge is 2.44. The second-order valence-electron chi connectivity index (χ2n) is 18.6. The summed E-state index contributed by atoms with van der Waals surface area (Å²) in [7, 11) is 3.61. The van der Waals surface area contributed by atoms with E-state index < -0.39 is 53.5 Å². The van der Waals surface area contributed by atoms with Crippen molar-refractivity contribution in [1.82, 2.24) is 35.6 Å². The van der Waals surface area contributed by atoms with E-state index >= 15 is 0 Å². The first-order chi connectivity index (χ1) is 31.6. The van der Waals surface area contributed by atoms with E-state index in [1.165, 1.54) is 17.5 Å². The van der Waals surface area contributed by atoms with Crippen LogP contribution in [-0.4, -0.2) is 135 Å². The number of aliphatic hydroxyl groups is 1. The van der Waals surface area contributed by atoms with Crippen molar-refractivity contribution in [3.63, 3.8) is 0 Å². The Labute approximate surface area is 397 Å². The van der Waals surface area contributed by atoms with Gasteiger partial charge in [0.2, 0.25) is 23.6 Å². The molecule has 0 unspecified atom stereocenters. The highest BCUT2D eigenvalue weighted by Crippen LogP contribution is 2.30. The number of anilines is 1. The molecule has 1 aromatic carbocycles. The van der Waals surface area contributed by atoms with Crippen molar-refractivity contribution in [2.24, 2.45) is 17.8 Å². The third-order valence-electron chi connectivity index (χ3n) is 13.1. The molecule has 7 amide bonds. The van der Waals surface area contributed by atoms with E-state index in [9.17, 15) is 48.6 Å². The van der Waals surface area contributed by atoms with Crippen molar-refractivity contribution < 1.29 is 48.6 Å². The number of aliphatic hydroxyl groups excluding tert-OH is 1. The number of hydrogen-bond donors (Lipinski definition) is 6. The monoisotopic (exact) mass is 950 g/mol. The summed E-state index contributed by atoms with van der Waals surface area (Å²) in [6.45, 7) is 12.1. The van der Waals surface area contributed by atoms with Crippen LogP contribution in [0.2, 0.25) is 0 Å². The molecule has 368 valence electrons. The van der Waals surface area contributed by atoms with Crippen LogP contribution in [0, 0.1) is 17.8 Å². The van der Waals surface area contributed by atoms with Gasteiger partial charge < -0.3 is 36.4 Å². The molecule has 0 radical (unpaired) electrons. The number of rotatable bonds is 26. The number of nitrogens with zero attached hydrogens (tertiary/aromatic N) is 4. The van der Waals surface area contributed by atoms with Crippen LogP contribution in [0.1, 0.15) is 126 Å². The summed E-state index contributed by atoms with van der Waals surface area (Å²) in [5.74, 6) is -4.41. The van der Waals surface area contributed by atoms with Crippen molar-refractivity contribution in [2.75, 3.05) is 39.0 Å². The third-order valence-corrected chi connectivity index (χ3v) is 14.1. The molecule has 2 aliphatic rings. The Balaban J connectivity index is 1.31. The third kappa shape index (κ3) is 15.2. The van der Waals surface area contributed by atoms with Gasteiger partial charge in [0.25, 0.3) is 17.7 Å². The largest absolute Gasteiger partial charge is 0.481 e. The van der Waals surface area contributed by atoms with Gasteiger partial charge in [0.1, 0.15) is 22.8 Å². The van der Waals surface area contributed by atoms with Gasteiger partial charge in [-0.25, -0.2) is 4.98 Å². The predicted octanol–water partition coefficient (Wildman–Crippen LogP) is 4.06. The standard InChI is InChI=1S/C48H70N8O10S/c1-9-30(4)42(53-47(66)48(6)21-13-22-54(48)7)45(63)55(8)36(29(2)3)26-37(57)44-52-35(28-67-44)43(62)51-34(24-31(5)46(64)65)25-32-15-17-33(18-16-32)50-39(59)27-49-38(58)14-11-10-12-23-56-40(60)19-20-41(56)61/h15-20,28-31,34,36-37,42,57H,9-14,21-27H2,1-8H3,(H,49,58)(H,50,59)(H,51,62)(H,53,66)(H,64,65)/t30-,31-,34+,36+,37+,42-,48+/m0/s1. The second-order valence-corrected chi connectivity index (χ2v) is 19.5. The molecule has 3 heterocycles. The van der Waals surface area contributed by atoms with E-state index in [0.717, 1.165) is 34.8 Å². The minimum absolute atomic E-state index is 0.0540. The first-order valence-corrected chi connectivity index (χ1v) is 24.2. The molecular weight excluding hydrogens is 881 g/mol. The highest BCUT2D eigenvalue weighted by atomic mass is 32.1. The summed E-state index contributed by atoms with van der Waals surface area (Å²) < 4.78 is 0. The normalized spacial score (nSPS) is 18.8. The summed E-state index contributed by atoms with van der Waals surface area (Å²) >= 11 is 1.11. The summed E-state index contributed by atoms with van der Waals surface area (Å²) in [5.41, 5.74) is 0.574. The molecule has 18 nitrogen and oxygen atoms in total. The van der Waals surface area contributed by atoms with Crippen molar-refractivity contribution in [1.29, 1.82) is 0 Å². The number of carboxylic acid groups (broad SMARTS) is 1. The molecule has 1 aromatic heterocycles. The van der Waals surface area contributed by atoms with Gasteiger partial charge in [-0.05, 0) is 88.6 Å². The van der Waals surface area contributed by atoms with E-state index in [4.69, 9.17) is 0 Å². The zero-order valence-corrected chi connectivity index (χ0v) is 40.9. The van der Waals surface area contributed by atoms with Gasteiger partial charge in [0.15, 0.2) is 0 Å². The van der Waals surface area contributed by atoms with E-state index in [2.05, 4.69) is 26.3 Å². The number of carboxylic acids is 1. The number of aromatic nitrogens is 1. The number of likely N-dealkylation sites (N-methyl/N-ethyl adjacent to an activating group) is 2. The van der Waals surface area contributed by atoms with Crippen LogP contribution in [0.4, 0.5) is 5.69 Å². The van der Waals surface area contributed by atoms with Crippen LogP contribution in [0.5, 0.6) is 0 Å². The van der Waals surface area contributed by atoms with E-state index in [0.29, 0.717) is 37.8 Å². The predicted molar refractivity (Wildman–Crippen MR) is 254 cm³/mol. The minimum Gasteiger partial charge on any atom is -0.481 e. The van der Waals surface area contributed by atoms with Crippen molar-refractivity contribution in [3.05, 3.63) is 58.1 Å². The number of imide groups is 1. The van der Waals surface area contributed by atoms with Crippen LogP contribution in [-0.2, 0) is 40.0 Å². The maximum atomic E-state index is 14.1. The van der Waals surface area contributed by atoms with E-state index in [-0.39, 0.29) is 90.8 Å². The number of hydrogen-bond acceptors (Lipinski definition) is 12. The number of carbonyl (C=O) groups is 8. The summed E-state index contributed by atoms with van der Waals surface area (Å²) in [4.78, 5) is 111. The number of likely N-dealkylation sites (tertiary alicyclic amines) is 1. The fourth-order valence-electron chi connectivity index (χ4n) is 8.34. The van der Waals surface area contributed by atoms with Gasteiger partial charge in [-0.1, -0.05) is 59.6 Å². The number of aliphatic carboxylic acids is 1. The van der Waals surface area contributed by atoms with Gasteiger partial charge in [-0.2, -0.15) is 0 Å². The first-order valence-electron chi connectivity index (χ1n) is 23.3. The molecule has 0 saturated carbocycles. The van der Waals surface area contributed by atoms with Crippen LogP contribution in [0.25, 0.3) is 0 Å². The van der Waals surface area contributed by atoms with Gasteiger partial charge in [0, 0.05) is 61.7 Å². The number of carbonyl (C=O) groups excluding carboxylic acids is 7. The number of unbranched alkanes of at least 4 members (excludes halogenated alkanes) is 2. The Morgan fingerprint density at radius 3 is 2.21 bits per heavy atom. The van der Waals surface area contributed by atoms with Gasteiger partial charge >= 0.3 is 5.97 Å². The minimum atomic E-state index is -1.11. The van der Waals surface area contributed by atoms with Crippen molar-refractivity contribution in [3.8, 4) is 0 Å². The number of amides is 7. The topological polar surface area (TPSA) is 248 Å². The zero-order chi connectivity index (χ0) is 49.6. The lowest BCUT2D eigenvalue weighted by atomic mass is 9.91. The average molecular weight is 951 g/mol. The Bertz CT molecular complexity index is 2090.